The maximum absolute atomic E-state index is 12.2. The SMILES string of the molecule is Nc1[nH]ncc1-c1cccc(SC(F)F)c1. The highest BCUT2D eigenvalue weighted by atomic mass is 32.2. The normalized spacial score (nSPS) is 10.9. The Kier molecular flexibility index (Phi) is 3.09. The maximum Gasteiger partial charge on any atom is 0.288 e. The van der Waals surface area contributed by atoms with Crippen molar-refractivity contribution in [1.82, 2.24) is 10.2 Å². The maximum atomic E-state index is 12.2. The average molecular weight is 241 g/mol. The number of halogens is 2. The van der Waals surface area contributed by atoms with Crippen LogP contribution in [0, 0.1) is 0 Å². The summed E-state index contributed by atoms with van der Waals surface area (Å²) in [5.41, 5.74) is 7.14. The van der Waals surface area contributed by atoms with E-state index in [-0.39, 0.29) is 0 Å². The van der Waals surface area contributed by atoms with Gasteiger partial charge in [0.2, 0.25) is 0 Å². The molecule has 0 aliphatic rings. The van der Waals surface area contributed by atoms with Gasteiger partial charge in [0.1, 0.15) is 5.82 Å². The Morgan fingerprint density at radius 3 is 2.81 bits per heavy atom. The largest absolute Gasteiger partial charge is 0.384 e. The van der Waals surface area contributed by atoms with Gasteiger partial charge in [-0.3, -0.25) is 5.10 Å². The van der Waals surface area contributed by atoms with Crippen molar-refractivity contribution < 1.29 is 8.78 Å². The van der Waals surface area contributed by atoms with Crippen LogP contribution < -0.4 is 5.73 Å². The van der Waals surface area contributed by atoms with Gasteiger partial charge in [-0.05, 0) is 17.7 Å². The number of anilines is 1. The Morgan fingerprint density at radius 2 is 2.19 bits per heavy atom. The first kappa shape index (κ1) is 10.9. The number of alkyl halides is 2. The third kappa shape index (κ3) is 2.33. The van der Waals surface area contributed by atoms with E-state index in [0.717, 1.165) is 11.1 Å². The number of hydrogen-bond donors (Lipinski definition) is 2. The molecule has 1 aromatic carbocycles. The number of nitrogens with one attached hydrogen (secondary N) is 1. The quantitative estimate of drug-likeness (QED) is 0.812. The highest BCUT2D eigenvalue weighted by Gasteiger charge is 2.08. The lowest BCUT2D eigenvalue weighted by molar-refractivity contribution is 0.252. The minimum atomic E-state index is -2.42. The molecule has 2 rings (SSSR count). The van der Waals surface area contributed by atoms with E-state index < -0.39 is 5.76 Å². The monoisotopic (exact) mass is 241 g/mol. The third-order valence-electron chi connectivity index (χ3n) is 2.04. The fraction of sp³-hybridized carbons (Fsp3) is 0.100. The molecular weight excluding hydrogens is 232 g/mol. The molecule has 0 amide bonds. The molecule has 0 radical (unpaired) electrons. The summed E-state index contributed by atoms with van der Waals surface area (Å²) in [6.07, 6.45) is 1.57. The summed E-state index contributed by atoms with van der Waals surface area (Å²) in [7, 11) is 0. The zero-order valence-electron chi connectivity index (χ0n) is 8.15. The van der Waals surface area contributed by atoms with E-state index in [1.54, 1.807) is 30.5 Å². The standard InChI is InChI=1S/C10H9F2N3S/c11-10(12)16-7-3-1-2-6(4-7)8-5-14-15-9(8)13/h1-5,10H,(H3,13,14,15). The van der Waals surface area contributed by atoms with Crippen molar-refractivity contribution in [3.05, 3.63) is 30.5 Å². The number of nitrogens with two attached hydrogens (primary N) is 1. The molecule has 6 heteroatoms. The molecule has 16 heavy (non-hydrogen) atoms. The van der Waals surface area contributed by atoms with Crippen LogP contribution in [0.2, 0.25) is 0 Å². The van der Waals surface area contributed by atoms with Gasteiger partial charge in [-0.2, -0.15) is 13.9 Å². The molecule has 3 nitrogen and oxygen atoms in total. The predicted octanol–water partition coefficient (Wildman–Crippen LogP) is 2.97. The molecule has 0 aliphatic heterocycles. The third-order valence-corrected chi connectivity index (χ3v) is 2.74. The van der Waals surface area contributed by atoms with Gasteiger partial charge in [0, 0.05) is 10.5 Å². The van der Waals surface area contributed by atoms with Gasteiger partial charge >= 0.3 is 0 Å². The molecule has 0 atom stereocenters. The summed E-state index contributed by atoms with van der Waals surface area (Å²) >= 11 is 0.511. The molecule has 0 bridgehead atoms. The Balaban J connectivity index is 2.33. The number of aromatic nitrogens is 2. The second-order valence-electron chi connectivity index (χ2n) is 3.10. The minimum Gasteiger partial charge on any atom is -0.384 e. The van der Waals surface area contributed by atoms with Gasteiger partial charge in [0.05, 0.1) is 6.20 Å². The van der Waals surface area contributed by atoms with E-state index in [2.05, 4.69) is 10.2 Å². The molecular formula is C10H9F2N3S. The van der Waals surface area contributed by atoms with E-state index in [1.807, 2.05) is 0 Å². The van der Waals surface area contributed by atoms with Crippen LogP contribution in [0.3, 0.4) is 0 Å². The number of nitrogen functional groups attached to an aromatic ring is 1. The summed E-state index contributed by atoms with van der Waals surface area (Å²) in [6.45, 7) is 0. The lowest BCUT2D eigenvalue weighted by Gasteiger charge is -2.03. The Labute approximate surface area is 95.0 Å². The minimum absolute atomic E-state index is 0.430. The first-order valence-corrected chi connectivity index (χ1v) is 5.39. The molecule has 0 aliphatic carbocycles. The first-order chi connectivity index (χ1) is 7.66. The number of benzene rings is 1. The van der Waals surface area contributed by atoms with E-state index in [1.165, 1.54) is 0 Å². The van der Waals surface area contributed by atoms with Crippen molar-refractivity contribution in [3.8, 4) is 11.1 Å². The van der Waals surface area contributed by atoms with Gasteiger partial charge in [-0.25, -0.2) is 0 Å². The van der Waals surface area contributed by atoms with Gasteiger partial charge in [0.15, 0.2) is 0 Å². The van der Waals surface area contributed by atoms with E-state index in [4.69, 9.17) is 5.73 Å². The van der Waals surface area contributed by atoms with E-state index >= 15 is 0 Å². The van der Waals surface area contributed by atoms with E-state index in [0.29, 0.717) is 22.5 Å². The molecule has 0 spiro atoms. The summed E-state index contributed by atoms with van der Waals surface area (Å²) in [5, 5.41) is 6.38. The topological polar surface area (TPSA) is 54.7 Å². The lowest BCUT2D eigenvalue weighted by atomic mass is 10.1. The smallest absolute Gasteiger partial charge is 0.288 e. The molecule has 2 aromatic rings. The number of H-pyrrole nitrogens is 1. The zero-order chi connectivity index (χ0) is 11.5. The zero-order valence-corrected chi connectivity index (χ0v) is 8.97. The molecule has 0 fully saturated rings. The molecule has 0 saturated heterocycles. The molecule has 1 aromatic heterocycles. The second kappa shape index (κ2) is 4.52. The van der Waals surface area contributed by atoms with Crippen LogP contribution in [0.15, 0.2) is 35.4 Å². The molecule has 1 heterocycles. The summed E-state index contributed by atoms with van der Waals surface area (Å²) in [4.78, 5) is 0.508. The predicted molar refractivity (Wildman–Crippen MR) is 60.3 cm³/mol. The van der Waals surface area contributed by atoms with Crippen LogP contribution >= 0.6 is 11.8 Å². The van der Waals surface area contributed by atoms with Gasteiger partial charge in [-0.1, -0.05) is 23.9 Å². The number of nitrogens with zero attached hydrogens (tertiary/aromatic N) is 1. The molecule has 3 N–H and O–H groups in total. The van der Waals surface area contributed by atoms with Crippen molar-refractivity contribution in [2.45, 2.75) is 10.7 Å². The summed E-state index contributed by atoms with van der Waals surface area (Å²) in [6, 6.07) is 6.82. The van der Waals surface area contributed by atoms with Crippen LogP contribution in [0.4, 0.5) is 14.6 Å². The van der Waals surface area contributed by atoms with Gasteiger partial charge in [-0.15, -0.1) is 0 Å². The van der Waals surface area contributed by atoms with Crippen LogP contribution in [0.25, 0.3) is 11.1 Å². The second-order valence-corrected chi connectivity index (χ2v) is 4.17. The van der Waals surface area contributed by atoms with Crippen molar-refractivity contribution in [2.24, 2.45) is 0 Å². The summed E-state index contributed by atoms with van der Waals surface area (Å²) < 4.78 is 24.4. The highest BCUT2D eigenvalue weighted by Crippen LogP contribution is 2.30. The van der Waals surface area contributed by atoms with Crippen LogP contribution in [0.5, 0.6) is 0 Å². The van der Waals surface area contributed by atoms with Crippen molar-refractivity contribution >= 4 is 17.6 Å². The lowest BCUT2D eigenvalue weighted by Crippen LogP contribution is -1.88. The fourth-order valence-electron chi connectivity index (χ4n) is 1.37. The highest BCUT2D eigenvalue weighted by molar-refractivity contribution is 7.99. The molecule has 84 valence electrons. The Hall–Kier alpha value is -1.56. The van der Waals surface area contributed by atoms with Crippen molar-refractivity contribution in [2.75, 3.05) is 5.73 Å². The fourth-order valence-corrected chi connectivity index (χ4v) is 1.92. The summed E-state index contributed by atoms with van der Waals surface area (Å²) in [5.74, 6) is -1.99. The Bertz CT molecular complexity index is 484. The number of aromatic amines is 1. The Morgan fingerprint density at radius 1 is 1.38 bits per heavy atom. The van der Waals surface area contributed by atoms with Crippen LogP contribution in [0.1, 0.15) is 0 Å². The number of rotatable bonds is 3. The van der Waals surface area contributed by atoms with E-state index in [9.17, 15) is 8.78 Å². The van der Waals surface area contributed by atoms with Gasteiger partial charge in [0.25, 0.3) is 5.76 Å². The first-order valence-electron chi connectivity index (χ1n) is 4.51. The average Bonchev–Trinajstić information content (AvgIpc) is 2.64. The molecule has 0 saturated carbocycles. The van der Waals surface area contributed by atoms with Crippen LogP contribution in [-0.2, 0) is 0 Å². The van der Waals surface area contributed by atoms with Crippen molar-refractivity contribution in [1.29, 1.82) is 0 Å². The molecule has 0 unspecified atom stereocenters. The number of hydrogen-bond acceptors (Lipinski definition) is 3. The van der Waals surface area contributed by atoms with Gasteiger partial charge < -0.3 is 5.73 Å². The van der Waals surface area contributed by atoms with Crippen LogP contribution in [-0.4, -0.2) is 16.0 Å². The number of thioether (sulfide) groups is 1. The van der Waals surface area contributed by atoms with Crippen molar-refractivity contribution in [3.63, 3.8) is 0 Å².